The van der Waals surface area contributed by atoms with Crippen LogP contribution in [0, 0.1) is 23.2 Å². The van der Waals surface area contributed by atoms with Crippen LogP contribution in [0.2, 0.25) is 0 Å². The molecule has 2 heterocycles. The van der Waals surface area contributed by atoms with E-state index in [9.17, 15) is 14.8 Å². The Labute approximate surface area is 201 Å². The molecule has 0 aromatic carbocycles. The third-order valence-electron chi connectivity index (χ3n) is 7.41. The van der Waals surface area contributed by atoms with Gasteiger partial charge in [-0.15, -0.1) is 0 Å². The van der Waals surface area contributed by atoms with Gasteiger partial charge in [0, 0.05) is 24.0 Å². The maximum absolute atomic E-state index is 12.9. The summed E-state index contributed by atoms with van der Waals surface area (Å²) in [4.78, 5) is 29.2. The van der Waals surface area contributed by atoms with Crippen LogP contribution in [0.4, 0.5) is 5.69 Å². The Morgan fingerprint density at radius 3 is 2.61 bits per heavy atom. The highest BCUT2D eigenvalue weighted by atomic mass is 79.9. The van der Waals surface area contributed by atoms with Crippen LogP contribution in [0.3, 0.4) is 0 Å². The van der Waals surface area contributed by atoms with E-state index in [1.165, 1.54) is 12.4 Å². The monoisotopic (exact) mass is 518 g/mol. The molecule has 1 fully saturated rings. The smallest absolute Gasteiger partial charge is 0.283 e. The first-order chi connectivity index (χ1) is 15.6. The van der Waals surface area contributed by atoms with E-state index in [2.05, 4.69) is 76.4 Å². The van der Waals surface area contributed by atoms with Crippen molar-refractivity contribution in [2.75, 3.05) is 5.32 Å². The normalized spacial score (nSPS) is 24.8. The Morgan fingerprint density at radius 2 is 1.97 bits per heavy atom. The molecule has 0 saturated heterocycles. The molecule has 0 bridgehead atoms. The number of carbonyl (C=O) groups is 1. The molecule has 4 atom stereocenters. The Bertz CT molecular complexity index is 1090. The number of hydrogen-bond acceptors (Lipinski definition) is 7. The van der Waals surface area contributed by atoms with Crippen LogP contribution in [0.15, 0.2) is 45.1 Å². The number of rotatable bonds is 5. The van der Waals surface area contributed by atoms with Gasteiger partial charge in [-0.3, -0.25) is 14.6 Å². The molecule has 0 aliphatic heterocycles. The van der Waals surface area contributed by atoms with Crippen molar-refractivity contribution >= 4 is 33.4 Å². The molecule has 33 heavy (non-hydrogen) atoms. The summed E-state index contributed by atoms with van der Waals surface area (Å²) in [6.45, 7) is 11.1. The van der Waals surface area contributed by atoms with E-state index >= 15 is 0 Å². The van der Waals surface area contributed by atoms with Crippen molar-refractivity contribution in [1.29, 1.82) is 0 Å². The lowest BCUT2D eigenvalue weighted by Gasteiger charge is -2.50. The number of hydrogen-bond donors (Lipinski definition) is 3. The molecule has 1 aliphatic rings. The lowest BCUT2D eigenvalue weighted by atomic mass is 9.58. The highest BCUT2D eigenvalue weighted by Gasteiger charge is 2.43. The number of carbonyl (C=O) groups excluding carboxylic acids is 1. The maximum Gasteiger partial charge on any atom is 0.283 e. The molecular weight excluding hydrogens is 488 g/mol. The fraction of sp³-hybridized carbons (Fsp3) is 0.522. The van der Waals surface area contributed by atoms with Gasteiger partial charge in [-0.05, 0) is 57.7 Å². The van der Waals surface area contributed by atoms with Gasteiger partial charge in [0.2, 0.25) is 5.91 Å². The summed E-state index contributed by atoms with van der Waals surface area (Å²) in [7, 11) is 0. The summed E-state index contributed by atoms with van der Waals surface area (Å²) < 4.78 is 1.39. The maximum atomic E-state index is 12.9. The number of nitrogens with one attached hydrogen (secondary N) is 2. The summed E-state index contributed by atoms with van der Waals surface area (Å²) in [5.74, 6) is 0.871. The minimum Gasteiger partial charge on any atom is -0.409 e. The van der Waals surface area contributed by atoms with Gasteiger partial charge in [0.15, 0.2) is 5.84 Å². The first-order valence-corrected chi connectivity index (χ1v) is 11.8. The second-order valence-electron chi connectivity index (χ2n) is 9.42. The number of halogens is 1. The summed E-state index contributed by atoms with van der Waals surface area (Å²) in [6, 6.07) is 3.39. The van der Waals surface area contributed by atoms with E-state index < -0.39 is 11.5 Å². The second kappa shape index (κ2) is 10.0. The fourth-order valence-corrected chi connectivity index (χ4v) is 4.84. The summed E-state index contributed by atoms with van der Waals surface area (Å²) >= 11 is 3.38. The van der Waals surface area contributed by atoms with Crippen molar-refractivity contribution < 1.29 is 10.0 Å². The van der Waals surface area contributed by atoms with Gasteiger partial charge >= 0.3 is 0 Å². The van der Waals surface area contributed by atoms with Gasteiger partial charge in [0.05, 0.1) is 11.9 Å². The Hall–Kier alpha value is -2.75. The topological polar surface area (TPSA) is 122 Å². The molecule has 0 unspecified atom stereocenters. The van der Waals surface area contributed by atoms with Gasteiger partial charge in [-0.1, -0.05) is 39.8 Å². The van der Waals surface area contributed by atoms with Gasteiger partial charge in [-0.2, -0.15) is 5.10 Å². The lowest BCUT2D eigenvalue weighted by molar-refractivity contribution is -0.120. The van der Waals surface area contributed by atoms with E-state index in [0.29, 0.717) is 33.5 Å². The minimum atomic E-state index is -0.549. The van der Waals surface area contributed by atoms with Crippen LogP contribution in [0.25, 0.3) is 0 Å². The zero-order valence-corrected chi connectivity index (χ0v) is 21.1. The SMILES string of the molecule is C[C@@H]1[C@@H](C)C(C)(C)[C@@H](C)C[C@H]1Nc1cnn(CC(=O)N/C(=N/O)c2ccncc2)c(=O)c1Br. The lowest BCUT2D eigenvalue weighted by Crippen LogP contribution is -2.48. The number of amidine groups is 1. The number of aromatic nitrogens is 3. The molecule has 2 aromatic rings. The minimum absolute atomic E-state index is 0.0368. The summed E-state index contributed by atoms with van der Waals surface area (Å²) in [6.07, 6.45) is 5.58. The first kappa shape index (κ1) is 24.9. The van der Waals surface area contributed by atoms with Crippen molar-refractivity contribution in [3.05, 3.63) is 51.1 Å². The number of amides is 1. The van der Waals surface area contributed by atoms with E-state index in [1.54, 1.807) is 18.3 Å². The molecule has 1 saturated carbocycles. The molecule has 2 aromatic heterocycles. The molecule has 178 valence electrons. The van der Waals surface area contributed by atoms with E-state index in [1.807, 2.05) is 0 Å². The van der Waals surface area contributed by atoms with E-state index in [0.717, 1.165) is 11.1 Å². The molecule has 1 amide bonds. The third-order valence-corrected chi connectivity index (χ3v) is 8.17. The predicted molar refractivity (Wildman–Crippen MR) is 130 cm³/mol. The van der Waals surface area contributed by atoms with Crippen LogP contribution in [0.5, 0.6) is 0 Å². The number of nitrogens with zero attached hydrogens (tertiary/aromatic N) is 4. The molecule has 0 spiro atoms. The Balaban J connectivity index is 1.72. The van der Waals surface area contributed by atoms with Crippen LogP contribution in [-0.4, -0.2) is 37.8 Å². The van der Waals surface area contributed by atoms with E-state index in [4.69, 9.17) is 0 Å². The zero-order chi connectivity index (χ0) is 24.3. The van der Waals surface area contributed by atoms with Crippen molar-refractivity contribution in [2.24, 2.45) is 28.3 Å². The molecule has 3 rings (SSSR count). The highest BCUT2D eigenvalue weighted by molar-refractivity contribution is 9.10. The zero-order valence-electron chi connectivity index (χ0n) is 19.5. The first-order valence-electron chi connectivity index (χ1n) is 11.0. The Morgan fingerprint density at radius 1 is 1.30 bits per heavy atom. The standard InChI is InChI=1S/C23H31BrN6O3/c1-13-10-17(14(2)15(3)23(13,4)5)27-18-11-26-30(22(32)20(18)24)12-19(31)28-21(29-33)16-6-8-25-9-7-16/h6-9,11,13-15,17,27,33H,10,12H2,1-5H3,(H,28,29,31)/t13-,14+,15+,17+/m0/s1. The average Bonchev–Trinajstić information content (AvgIpc) is 2.80. The molecule has 3 N–H and O–H groups in total. The van der Waals surface area contributed by atoms with Gasteiger partial charge in [0.1, 0.15) is 11.0 Å². The van der Waals surface area contributed by atoms with Gasteiger partial charge in [0.25, 0.3) is 5.56 Å². The predicted octanol–water partition coefficient (Wildman–Crippen LogP) is 3.47. The number of pyridine rings is 1. The number of oxime groups is 1. The average molecular weight is 519 g/mol. The highest BCUT2D eigenvalue weighted by Crippen LogP contribution is 2.48. The molecule has 9 nitrogen and oxygen atoms in total. The largest absolute Gasteiger partial charge is 0.409 e. The second-order valence-corrected chi connectivity index (χ2v) is 10.2. The van der Waals surface area contributed by atoms with Crippen LogP contribution < -0.4 is 16.2 Å². The van der Waals surface area contributed by atoms with Crippen LogP contribution in [-0.2, 0) is 11.3 Å². The summed E-state index contributed by atoms with van der Waals surface area (Å²) in [5, 5.41) is 22.5. The van der Waals surface area contributed by atoms with Crippen molar-refractivity contribution in [3.8, 4) is 0 Å². The summed E-state index contributed by atoms with van der Waals surface area (Å²) in [5.41, 5.74) is 0.917. The Kier molecular flexibility index (Phi) is 7.56. The molecular formula is C23H31BrN6O3. The van der Waals surface area contributed by atoms with Crippen LogP contribution in [0.1, 0.15) is 46.6 Å². The molecule has 10 heteroatoms. The van der Waals surface area contributed by atoms with Crippen molar-refractivity contribution in [2.45, 2.75) is 53.6 Å². The van der Waals surface area contributed by atoms with Gasteiger partial charge in [-0.25, -0.2) is 4.68 Å². The third kappa shape index (κ3) is 5.26. The van der Waals surface area contributed by atoms with Crippen molar-refractivity contribution in [1.82, 2.24) is 20.1 Å². The molecule has 0 radical (unpaired) electrons. The quantitative estimate of drug-likeness (QED) is 0.241. The van der Waals surface area contributed by atoms with Crippen molar-refractivity contribution in [3.63, 3.8) is 0 Å². The number of anilines is 1. The molecule has 1 aliphatic carbocycles. The fourth-order valence-electron chi connectivity index (χ4n) is 4.41. The van der Waals surface area contributed by atoms with Crippen LogP contribution >= 0.6 is 15.9 Å². The van der Waals surface area contributed by atoms with Gasteiger partial charge < -0.3 is 15.8 Å². The van der Waals surface area contributed by atoms with E-state index in [-0.39, 0.29) is 23.8 Å².